The van der Waals surface area contributed by atoms with Gasteiger partial charge in [0.25, 0.3) is 0 Å². The molecule has 0 fully saturated rings. The zero-order chi connectivity index (χ0) is 14.5. The Labute approximate surface area is 122 Å². The van der Waals surface area contributed by atoms with Crippen molar-refractivity contribution in [2.24, 2.45) is 5.84 Å². The van der Waals surface area contributed by atoms with E-state index in [0.29, 0.717) is 10.8 Å². The number of methoxy groups -OCH3 is 1. The molecule has 0 saturated heterocycles. The first-order chi connectivity index (χ1) is 9.71. The maximum absolute atomic E-state index is 6.07. The Bertz CT molecular complexity index is 572. The van der Waals surface area contributed by atoms with Crippen LogP contribution in [0.3, 0.4) is 0 Å². The van der Waals surface area contributed by atoms with Gasteiger partial charge in [-0.05, 0) is 24.6 Å². The summed E-state index contributed by atoms with van der Waals surface area (Å²) in [6.07, 6.45) is 2.65. The lowest BCUT2D eigenvalue weighted by atomic mass is 10.0. The largest absolute Gasteiger partial charge is 0.496 e. The van der Waals surface area contributed by atoms with Crippen molar-refractivity contribution in [2.75, 3.05) is 7.11 Å². The molecule has 0 spiro atoms. The zero-order valence-corrected chi connectivity index (χ0v) is 12.3. The smallest absolute Gasteiger partial charge is 0.124 e. The van der Waals surface area contributed by atoms with Crippen LogP contribution < -0.4 is 16.0 Å². The highest BCUT2D eigenvalue weighted by Gasteiger charge is 2.21. The van der Waals surface area contributed by atoms with Crippen LogP contribution in [0.2, 0.25) is 5.02 Å². The fraction of sp³-hybridized carbons (Fsp3) is 0.385. The normalized spacial score (nSPS) is 12.4. The standard InChI is InChI=1S/C13H18ClN5O/c1-3-6-19-11(8-16-18-19)13(17-15)10-7-9(14)4-5-12(10)20-2/h4-5,7-8,13,17H,3,6,15H2,1-2H3. The summed E-state index contributed by atoms with van der Waals surface area (Å²) >= 11 is 6.07. The van der Waals surface area contributed by atoms with Gasteiger partial charge in [-0.25, -0.2) is 10.1 Å². The molecule has 2 rings (SSSR count). The number of benzene rings is 1. The van der Waals surface area contributed by atoms with Gasteiger partial charge in [-0.15, -0.1) is 5.10 Å². The highest BCUT2D eigenvalue weighted by atomic mass is 35.5. The van der Waals surface area contributed by atoms with Gasteiger partial charge in [-0.1, -0.05) is 23.7 Å². The number of aryl methyl sites for hydroxylation is 1. The summed E-state index contributed by atoms with van der Waals surface area (Å²) in [7, 11) is 1.61. The second-order valence-electron chi connectivity index (χ2n) is 4.37. The van der Waals surface area contributed by atoms with Crippen molar-refractivity contribution in [3.05, 3.63) is 40.7 Å². The molecule has 7 heteroatoms. The van der Waals surface area contributed by atoms with Crippen LogP contribution in [0.4, 0.5) is 0 Å². The summed E-state index contributed by atoms with van der Waals surface area (Å²) in [4.78, 5) is 0. The Kier molecular flexibility index (Phi) is 4.94. The minimum atomic E-state index is -0.287. The third-order valence-corrected chi connectivity index (χ3v) is 3.28. The molecule has 0 radical (unpaired) electrons. The van der Waals surface area contributed by atoms with Gasteiger partial charge in [0, 0.05) is 17.1 Å². The molecule has 0 aliphatic carbocycles. The van der Waals surface area contributed by atoms with Crippen molar-refractivity contribution < 1.29 is 4.74 Å². The van der Waals surface area contributed by atoms with E-state index in [0.717, 1.165) is 24.2 Å². The number of nitrogens with one attached hydrogen (secondary N) is 1. The van der Waals surface area contributed by atoms with Crippen molar-refractivity contribution in [2.45, 2.75) is 25.9 Å². The molecule has 20 heavy (non-hydrogen) atoms. The number of hydrazine groups is 1. The average Bonchev–Trinajstić information content (AvgIpc) is 2.89. The minimum absolute atomic E-state index is 0.287. The summed E-state index contributed by atoms with van der Waals surface area (Å²) in [5, 5.41) is 8.65. The number of halogens is 1. The quantitative estimate of drug-likeness (QED) is 0.629. The molecular formula is C13H18ClN5O. The van der Waals surface area contributed by atoms with E-state index in [9.17, 15) is 0 Å². The molecule has 3 N–H and O–H groups in total. The molecule has 0 bridgehead atoms. The Morgan fingerprint density at radius 2 is 2.30 bits per heavy atom. The van der Waals surface area contributed by atoms with Gasteiger partial charge in [-0.2, -0.15) is 0 Å². The van der Waals surface area contributed by atoms with Crippen LogP contribution in [0.1, 0.15) is 30.6 Å². The Morgan fingerprint density at radius 1 is 1.50 bits per heavy atom. The fourth-order valence-corrected chi connectivity index (χ4v) is 2.32. The number of ether oxygens (including phenoxy) is 1. The van der Waals surface area contributed by atoms with E-state index < -0.39 is 0 Å². The van der Waals surface area contributed by atoms with E-state index in [1.807, 2.05) is 16.8 Å². The first kappa shape index (κ1) is 14.8. The maximum Gasteiger partial charge on any atom is 0.124 e. The number of rotatable bonds is 6. The second kappa shape index (κ2) is 6.69. The Morgan fingerprint density at radius 3 is 2.95 bits per heavy atom. The summed E-state index contributed by atoms with van der Waals surface area (Å²) in [6.45, 7) is 2.85. The first-order valence-electron chi connectivity index (χ1n) is 6.39. The number of hydrogen-bond acceptors (Lipinski definition) is 5. The third-order valence-electron chi connectivity index (χ3n) is 3.05. The molecule has 1 unspecified atom stereocenters. The van der Waals surface area contributed by atoms with Crippen molar-refractivity contribution in [1.29, 1.82) is 0 Å². The molecule has 1 aromatic heterocycles. The average molecular weight is 296 g/mol. The van der Waals surface area contributed by atoms with Crippen LogP contribution in [0.15, 0.2) is 24.4 Å². The van der Waals surface area contributed by atoms with Gasteiger partial charge < -0.3 is 4.74 Å². The van der Waals surface area contributed by atoms with E-state index in [2.05, 4.69) is 22.7 Å². The lowest BCUT2D eigenvalue weighted by Gasteiger charge is -2.20. The van der Waals surface area contributed by atoms with Crippen LogP contribution >= 0.6 is 11.6 Å². The highest BCUT2D eigenvalue weighted by molar-refractivity contribution is 6.30. The fourth-order valence-electron chi connectivity index (χ4n) is 2.14. The van der Waals surface area contributed by atoms with Gasteiger partial charge in [0.15, 0.2) is 0 Å². The molecular weight excluding hydrogens is 278 g/mol. The van der Waals surface area contributed by atoms with Crippen LogP contribution in [-0.2, 0) is 6.54 Å². The summed E-state index contributed by atoms with van der Waals surface area (Å²) in [6, 6.07) is 5.13. The summed E-state index contributed by atoms with van der Waals surface area (Å²) < 4.78 is 7.20. The monoisotopic (exact) mass is 295 g/mol. The topological polar surface area (TPSA) is 78.0 Å². The molecule has 1 atom stereocenters. The van der Waals surface area contributed by atoms with Crippen LogP contribution in [-0.4, -0.2) is 22.1 Å². The van der Waals surface area contributed by atoms with Gasteiger partial charge in [0.05, 0.1) is 25.0 Å². The Hall–Kier alpha value is -1.63. The van der Waals surface area contributed by atoms with Gasteiger partial charge in [-0.3, -0.25) is 5.84 Å². The predicted molar refractivity (Wildman–Crippen MR) is 77.5 cm³/mol. The van der Waals surface area contributed by atoms with Crippen molar-refractivity contribution >= 4 is 11.6 Å². The minimum Gasteiger partial charge on any atom is -0.496 e. The SMILES string of the molecule is CCCn1nncc1C(NN)c1cc(Cl)ccc1OC. The molecule has 0 saturated carbocycles. The summed E-state index contributed by atoms with van der Waals surface area (Å²) in [5.74, 6) is 6.43. The van der Waals surface area contributed by atoms with Crippen LogP contribution in [0.5, 0.6) is 5.75 Å². The van der Waals surface area contributed by atoms with E-state index >= 15 is 0 Å². The van der Waals surface area contributed by atoms with Crippen LogP contribution in [0, 0.1) is 0 Å². The summed E-state index contributed by atoms with van der Waals surface area (Å²) in [5.41, 5.74) is 4.50. The van der Waals surface area contributed by atoms with Gasteiger partial charge in [0.2, 0.25) is 0 Å². The lowest BCUT2D eigenvalue weighted by Crippen LogP contribution is -2.31. The van der Waals surface area contributed by atoms with Crippen LogP contribution in [0.25, 0.3) is 0 Å². The van der Waals surface area contributed by atoms with Gasteiger partial charge >= 0.3 is 0 Å². The molecule has 0 aliphatic heterocycles. The molecule has 6 nitrogen and oxygen atoms in total. The molecule has 1 heterocycles. The molecule has 2 aromatic rings. The molecule has 1 aromatic carbocycles. The second-order valence-corrected chi connectivity index (χ2v) is 4.80. The maximum atomic E-state index is 6.07. The van der Waals surface area contributed by atoms with Crippen molar-refractivity contribution in [3.63, 3.8) is 0 Å². The van der Waals surface area contributed by atoms with E-state index in [1.165, 1.54) is 0 Å². The van der Waals surface area contributed by atoms with E-state index in [4.69, 9.17) is 22.2 Å². The number of nitrogens with two attached hydrogens (primary N) is 1. The van der Waals surface area contributed by atoms with E-state index in [1.54, 1.807) is 19.4 Å². The predicted octanol–water partition coefficient (Wildman–Crippen LogP) is 1.90. The first-order valence-corrected chi connectivity index (χ1v) is 6.77. The number of nitrogens with zero attached hydrogens (tertiary/aromatic N) is 3. The third kappa shape index (κ3) is 2.92. The Balaban J connectivity index is 2.46. The zero-order valence-electron chi connectivity index (χ0n) is 11.5. The van der Waals surface area contributed by atoms with Crippen molar-refractivity contribution in [1.82, 2.24) is 20.4 Å². The van der Waals surface area contributed by atoms with Crippen molar-refractivity contribution in [3.8, 4) is 5.75 Å². The van der Waals surface area contributed by atoms with Gasteiger partial charge in [0.1, 0.15) is 5.75 Å². The molecule has 0 amide bonds. The molecule has 0 aliphatic rings. The van der Waals surface area contributed by atoms with E-state index in [-0.39, 0.29) is 6.04 Å². The number of aromatic nitrogens is 3. The molecule has 108 valence electrons. The highest BCUT2D eigenvalue weighted by Crippen LogP contribution is 2.31. The lowest BCUT2D eigenvalue weighted by molar-refractivity contribution is 0.401. The number of hydrogen-bond donors (Lipinski definition) is 2.